The monoisotopic (exact) mass is 251 g/mol. The van der Waals surface area contributed by atoms with Gasteiger partial charge in [-0.1, -0.05) is 12.1 Å². The Morgan fingerprint density at radius 3 is 2.39 bits per heavy atom. The Labute approximate surface area is 108 Å². The zero-order chi connectivity index (χ0) is 13.5. The van der Waals surface area contributed by atoms with Crippen molar-refractivity contribution in [3.05, 3.63) is 29.8 Å². The van der Waals surface area contributed by atoms with E-state index in [9.17, 15) is 4.79 Å². The van der Waals surface area contributed by atoms with Crippen LogP contribution in [0, 0.1) is 0 Å². The smallest absolute Gasteiger partial charge is 0.260 e. The van der Waals surface area contributed by atoms with Gasteiger partial charge in [0.1, 0.15) is 5.75 Å². The number of hydrogen-bond acceptors (Lipinski definition) is 3. The van der Waals surface area contributed by atoms with E-state index < -0.39 is 6.10 Å². The number of benzene rings is 1. The van der Waals surface area contributed by atoms with Crippen molar-refractivity contribution in [3.63, 3.8) is 0 Å². The lowest BCUT2D eigenvalue weighted by molar-refractivity contribution is -0.127. The van der Waals surface area contributed by atoms with Crippen molar-refractivity contribution in [1.82, 2.24) is 5.32 Å². The maximum atomic E-state index is 11.7. The zero-order valence-corrected chi connectivity index (χ0v) is 11.1. The summed E-state index contributed by atoms with van der Waals surface area (Å²) in [4.78, 5) is 11.7. The van der Waals surface area contributed by atoms with E-state index in [1.807, 2.05) is 38.1 Å². The highest BCUT2D eigenvalue weighted by molar-refractivity contribution is 5.80. The standard InChI is InChI=1S/C14H21NO3/c1-10(2)15-14(17)11(3)18-13-6-4-12(5-7-13)8-9-16/h4-7,10-11,16H,8-9H2,1-3H3,(H,15,17). The summed E-state index contributed by atoms with van der Waals surface area (Å²) in [6.45, 7) is 5.68. The first kappa shape index (κ1) is 14.5. The number of carbonyl (C=O) groups is 1. The molecule has 0 heterocycles. The van der Waals surface area contributed by atoms with Gasteiger partial charge in [0.25, 0.3) is 5.91 Å². The maximum absolute atomic E-state index is 11.7. The highest BCUT2D eigenvalue weighted by Gasteiger charge is 2.14. The molecule has 2 N–H and O–H groups in total. The number of ether oxygens (including phenoxy) is 1. The number of carbonyl (C=O) groups excluding carboxylic acids is 1. The highest BCUT2D eigenvalue weighted by Crippen LogP contribution is 2.14. The first-order valence-corrected chi connectivity index (χ1v) is 6.19. The minimum atomic E-state index is -0.518. The van der Waals surface area contributed by atoms with E-state index in [0.717, 1.165) is 5.56 Å². The molecule has 4 heteroatoms. The minimum Gasteiger partial charge on any atom is -0.481 e. The summed E-state index contributed by atoms with van der Waals surface area (Å²) in [6, 6.07) is 7.50. The van der Waals surface area contributed by atoms with Crippen LogP contribution in [0.15, 0.2) is 24.3 Å². The Morgan fingerprint density at radius 1 is 1.28 bits per heavy atom. The third-order valence-corrected chi connectivity index (χ3v) is 2.44. The van der Waals surface area contributed by atoms with E-state index in [2.05, 4.69) is 5.32 Å². The highest BCUT2D eigenvalue weighted by atomic mass is 16.5. The van der Waals surface area contributed by atoms with E-state index in [1.54, 1.807) is 6.92 Å². The van der Waals surface area contributed by atoms with Crippen LogP contribution in [0.2, 0.25) is 0 Å². The van der Waals surface area contributed by atoms with Gasteiger partial charge in [0.15, 0.2) is 6.10 Å². The molecule has 0 aliphatic carbocycles. The first-order chi connectivity index (χ1) is 8.52. The van der Waals surface area contributed by atoms with Crippen LogP contribution in [0.1, 0.15) is 26.3 Å². The van der Waals surface area contributed by atoms with Crippen molar-refractivity contribution in [2.75, 3.05) is 6.61 Å². The predicted octanol–water partition coefficient (Wildman–Crippen LogP) is 1.51. The fourth-order valence-corrected chi connectivity index (χ4v) is 1.52. The molecule has 0 aliphatic rings. The molecule has 0 radical (unpaired) electrons. The Kier molecular flexibility index (Phi) is 5.65. The molecule has 0 saturated heterocycles. The fourth-order valence-electron chi connectivity index (χ4n) is 1.52. The second kappa shape index (κ2) is 7.01. The molecule has 0 bridgehead atoms. The van der Waals surface area contributed by atoms with Crippen LogP contribution in [0.5, 0.6) is 5.75 Å². The van der Waals surface area contributed by atoms with Crippen LogP contribution < -0.4 is 10.1 Å². The van der Waals surface area contributed by atoms with E-state index in [1.165, 1.54) is 0 Å². The minimum absolute atomic E-state index is 0.107. The average molecular weight is 251 g/mol. The Morgan fingerprint density at radius 2 is 1.89 bits per heavy atom. The van der Waals surface area contributed by atoms with E-state index in [0.29, 0.717) is 12.2 Å². The molecule has 1 aromatic rings. The third-order valence-electron chi connectivity index (χ3n) is 2.44. The Bertz CT molecular complexity index is 373. The Balaban J connectivity index is 2.53. The summed E-state index contributed by atoms with van der Waals surface area (Å²) in [5.41, 5.74) is 1.05. The maximum Gasteiger partial charge on any atom is 0.260 e. The molecule has 4 nitrogen and oxygen atoms in total. The van der Waals surface area contributed by atoms with Gasteiger partial charge in [0, 0.05) is 12.6 Å². The molecule has 1 rings (SSSR count). The van der Waals surface area contributed by atoms with E-state index in [4.69, 9.17) is 9.84 Å². The predicted molar refractivity (Wildman–Crippen MR) is 70.6 cm³/mol. The van der Waals surface area contributed by atoms with Crippen molar-refractivity contribution in [2.24, 2.45) is 0 Å². The average Bonchev–Trinajstić information content (AvgIpc) is 2.31. The molecule has 1 atom stereocenters. The molecular weight excluding hydrogens is 230 g/mol. The van der Waals surface area contributed by atoms with Crippen LogP contribution in [-0.2, 0) is 11.2 Å². The van der Waals surface area contributed by atoms with Crippen molar-refractivity contribution < 1.29 is 14.6 Å². The zero-order valence-electron chi connectivity index (χ0n) is 11.1. The molecule has 0 spiro atoms. The SMILES string of the molecule is CC(C)NC(=O)C(C)Oc1ccc(CCO)cc1. The quantitative estimate of drug-likeness (QED) is 0.805. The number of aliphatic hydroxyl groups is 1. The summed E-state index contributed by atoms with van der Waals surface area (Å²) in [5, 5.41) is 11.6. The number of amides is 1. The summed E-state index contributed by atoms with van der Waals surface area (Å²) in [6.07, 6.45) is 0.111. The van der Waals surface area contributed by atoms with Crippen LogP contribution in [0.25, 0.3) is 0 Å². The Hall–Kier alpha value is -1.55. The van der Waals surface area contributed by atoms with Crippen molar-refractivity contribution in [2.45, 2.75) is 39.3 Å². The lowest BCUT2D eigenvalue weighted by Crippen LogP contribution is -2.40. The molecule has 0 fully saturated rings. The van der Waals surface area contributed by atoms with E-state index in [-0.39, 0.29) is 18.6 Å². The molecular formula is C14H21NO3. The summed E-state index contributed by atoms with van der Waals surface area (Å²) in [5.74, 6) is 0.535. The molecule has 0 saturated carbocycles. The largest absolute Gasteiger partial charge is 0.481 e. The molecule has 1 amide bonds. The molecule has 0 aliphatic heterocycles. The van der Waals surface area contributed by atoms with Crippen LogP contribution in [-0.4, -0.2) is 29.8 Å². The molecule has 0 aromatic heterocycles. The van der Waals surface area contributed by atoms with Gasteiger partial charge in [0.05, 0.1) is 0 Å². The van der Waals surface area contributed by atoms with Crippen molar-refractivity contribution in [3.8, 4) is 5.75 Å². The van der Waals surface area contributed by atoms with Gasteiger partial charge >= 0.3 is 0 Å². The van der Waals surface area contributed by atoms with Gasteiger partial charge in [0.2, 0.25) is 0 Å². The summed E-state index contributed by atoms with van der Waals surface area (Å²) >= 11 is 0. The summed E-state index contributed by atoms with van der Waals surface area (Å²) < 4.78 is 5.54. The molecule has 100 valence electrons. The number of rotatable bonds is 6. The first-order valence-electron chi connectivity index (χ1n) is 6.19. The van der Waals surface area contributed by atoms with Gasteiger partial charge in [-0.3, -0.25) is 4.79 Å². The lowest BCUT2D eigenvalue weighted by atomic mass is 10.1. The van der Waals surface area contributed by atoms with Crippen LogP contribution in [0.4, 0.5) is 0 Å². The van der Waals surface area contributed by atoms with Crippen LogP contribution >= 0.6 is 0 Å². The summed E-state index contributed by atoms with van der Waals surface area (Å²) in [7, 11) is 0. The second-order valence-corrected chi connectivity index (χ2v) is 4.54. The number of nitrogens with one attached hydrogen (secondary N) is 1. The molecule has 1 unspecified atom stereocenters. The normalized spacial score (nSPS) is 12.3. The van der Waals surface area contributed by atoms with Crippen molar-refractivity contribution >= 4 is 5.91 Å². The fraction of sp³-hybridized carbons (Fsp3) is 0.500. The van der Waals surface area contributed by atoms with Gasteiger partial charge in [-0.25, -0.2) is 0 Å². The third kappa shape index (κ3) is 4.75. The topological polar surface area (TPSA) is 58.6 Å². The number of hydrogen-bond donors (Lipinski definition) is 2. The van der Waals surface area contributed by atoms with E-state index >= 15 is 0 Å². The lowest BCUT2D eigenvalue weighted by Gasteiger charge is -2.16. The van der Waals surface area contributed by atoms with Gasteiger partial charge < -0.3 is 15.2 Å². The number of aliphatic hydroxyl groups excluding tert-OH is 1. The molecule has 18 heavy (non-hydrogen) atoms. The second-order valence-electron chi connectivity index (χ2n) is 4.54. The van der Waals surface area contributed by atoms with Crippen LogP contribution in [0.3, 0.4) is 0 Å². The van der Waals surface area contributed by atoms with Gasteiger partial charge in [-0.15, -0.1) is 0 Å². The van der Waals surface area contributed by atoms with Crippen molar-refractivity contribution in [1.29, 1.82) is 0 Å². The van der Waals surface area contributed by atoms with Gasteiger partial charge in [-0.05, 0) is 44.9 Å². The van der Waals surface area contributed by atoms with Gasteiger partial charge in [-0.2, -0.15) is 0 Å². The molecule has 1 aromatic carbocycles.